The van der Waals surface area contributed by atoms with E-state index in [1.807, 2.05) is 0 Å². The molecule has 194 valence electrons. The van der Waals surface area contributed by atoms with Gasteiger partial charge >= 0.3 is 0 Å². The maximum absolute atomic E-state index is 12.9. The number of aliphatic hydroxyl groups is 2. The Balaban J connectivity index is 1.46. The van der Waals surface area contributed by atoms with Crippen LogP contribution in [0.4, 0.5) is 0 Å². The van der Waals surface area contributed by atoms with Gasteiger partial charge in [0.1, 0.15) is 11.4 Å². The zero-order chi connectivity index (χ0) is 25.2. The molecule has 1 heterocycles. The highest BCUT2D eigenvalue weighted by Gasteiger charge is 2.70. The summed E-state index contributed by atoms with van der Waals surface area (Å²) >= 11 is 0. The molecule has 5 aliphatic rings. The molecule has 0 aromatic carbocycles. The lowest BCUT2D eigenvalue weighted by atomic mass is 9.35. The Morgan fingerprint density at radius 1 is 0.794 bits per heavy atom. The quantitative estimate of drug-likeness (QED) is 0.495. The second-order valence-electron chi connectivity index (χ2n) is 15.2. The number of hydrogen-bond donors (Lipinski definition) is 2. The monoisotopic (exact) mass is 474 g/mol. The van der Waals surface area contributed by atoms with Crippen LogP contribution in [0.3, 0.4) is 0 Å². The molecule has 0 spiro atoms. The maximum atomic E-state index is 12.9. The molecule has 34 heavy (non-hydrogen) atoms. The van der Waals surface area contributed by atoms with Gasteiger partial charge < -0.3 is 14.9 Å². The van der Waals surface area contributed by atoms with Crippen molar-refractivity contribution in [1.29, 1.82) is 0 Å². The van der Waals surface area contributed by atoms with Gasteiger partial charge in [-0.25, -0.2) is 0 Å². The van der Waals surface area contributed by atoms with Crippen LogP contribution in [0.2, 0.25) is 0 Å². The molecule has 0 amide bonds. The molecule has 4 aliphatic carbocycles. The molecule has 1 saturated heterocycles. The van der Waals surface area contributed by atoms with Gasteiger partial charge in [0.15, 0.2) is 5.79 Å². The second-order valence-corrected chi connectivity index (χ2v) is 15.2. The first-order chi connectivity index (χ1) is 15.4. The first kappa shape index (κ1) is 25.2. The van der Waals surface area contributed by atoms with E-state index in [9.17, 15) is 15.0 Å². The van der Waals surface area contributed by atoms with Gasteiger partial charge in [-0.1, -0.05) is 34.6 Å². The van der Waals surface area contributed by atoms with Crippen molar-refractivity contribution in [3.8, 4) is 0 Å². The molecule has 1 aliphatic heterocycles. The third-order valence-electron chi connectivity index (χ3n) is 13.2. The van der Waals surface area contributed by atoms with Gasteiger partial charge in [-0.15, -0.1) is 0 Å². The molecule has 4 saturated carbocycles. The Labute approximate surface area is 207 Å². The Morgan fingerprint density at radius 3 is 2.06 bits per heavy atom. The molecule has 4 nitrogen and oxygen atoms in total. The van der Waals surface area contributed by atoms with E-state index in [-0.39, 0.29) is 27.3 Å². The van der Waals surface area contributed by atoms with Gasteiger partial charge in [-0.05, 0) is 112 Å². The summed E-state index contributed by atoms with van der Waals surface area (Å²) in [5.74, 6) is 1.17. The highest BCUT2D eigenvalue weighted by Crippen LogP contribution is 2.76. The smallest absolute Gasteiger partial charge is 0.194 e. The van der Waals surface area contributed by atoms with Crippen LogP contribution in [0.1, 0.15) is 120 Å². The Bertz CT molecular complexity index is 874. The topological polar surface area (TPSA) is 66.8 Å². The summed E-state index contributed by atoms with van der Waals surface area (Å²) in [5.41, 5.74) is -1.09. The standard InChI is InChI=1S/C30H50O4/c1-24(2)21-12-16-28(7)22(26(21,5)14-13-23(24)31)10-9-19-20(11-15-27(19,28)6)29(8)17-18-30(33,34-29)25(3,4)32/h19-22,32-33H,9-18H2,1-8H3/t19-,20+,21+,22-,26+,27-,28-,29+,30?/m1/s1. The predicted molar refractivity (Wildman–Crippen MR) is 134 cm³/mol. The number of carbonyl (C=O) groups excluding carboxylic acids is 1. The van der Waals surface area contributed by atoms with Crippen molar-refractivity contribution in [3.05, 3.63) is 0 Å². The summed E-state index contributed by atoms with van der Waals surface area (Å²) in [5, 5.41) is 21.8. The largest absolute Gasteiger partial charge is 0.385 e. The molecule has 0 aromatic rings. The number of ketones is 1. The second kappa shape index (κ2) is 7.10. The van der Waals surface area contributed by atoms with Gasteiger partial charge in [-0.3, -0.25) is 4.79 Å². The zero-order valence-corrected chi connectivity index (χ0v) is 23.1. The molecular weight excluding hydrogens is 424 g/mol. The summed E-state index contributed by atoms with van der Waals surface area (Å²) in [6.45, 7) is 17.7. The summed E-state index contributed by atoms with van der Waals surface area (Å²) < 4.78 is 6.46. The van der Waals surface area contributed by atoms with Crippen molar-refractivity contribution in [2.75, 3.05) is 0 Å². The summed E-state index contributed by atoms with van der Waals surface area (Å²) in [6.07, 6.45) is 10.3. The van der Waals surface area contributed by atoms with Gasteiger partial charge in [0.25, 0.3) is 0 Å². The van der Waals surface area contributed by atoms with Gasteiger partial charge in [0.2, 0.25) is 0 Å². The average Bonchev–Trinajstić information content (AvgIpc) is 3.24. The number of fused-ring (bicyclic) bond motifs is 5. The third-order valence-corrected chi connectivity index (χ3v) is 13.2. The molecule has 9 atom stereocenters. The van der Waals surface area contributed by atoms with Crippen molar-refractivity contribution in [2.45, 2.75) is 137 Å². The summed E-state index contributed by atoms with van der Waals surface area (Å²) in [7, 11) is 0. The number of Topliss-reactive ketones (excluding diaryl/α,β-unsaturated/α-hetero) is 1. The minimum absolute atomic E-state index is 0.197. The first-order valence-corrected chi connectivity index (χ1v) is 14.1. The van der Waals surface area contributed by atoms with Crippen molar-refractivity contribution in [3.63, 3.8) is 0 Å². The fourth-order valence-corrected chi connectivity index (χ4v) is 10.9. The van der Waals surface area contributed by atoms with Crippen LogP contribution in [0.15, 0.2) is 0 Å². The van der Waals surface area contributed by atoms with E-state index in [1.165, 1.54) is 32.1 Å². The van der Waals surface area contributed by atoms with E-state index in [0.717, 1.165) is 25.7 Å². The molecule has 2 N–H and O–H groups in total. The minimum atomic E-state index is -1.46. The van der Waals surface area contributed by atoms with Crippen LogP contribution in [-0.4, -0.2) is 33.0 Å². The number of carbonyl (C=O) groups is 1. The van der Waals surface area contributed by atoms with E-state index >= 15 is 0 Å². The number of hydrogen-bond acceptors (Lipinski definition) is 4. The van der Waals surface area contributed by atoms with E-state index in [2.05, 4.69) is 41.5 Å². The van der Waals surface area contributed by atoms with Gasteiger partial charge in [0, 0.05) is 18.3 Å². The third kappa shape index (κ3) is 2.97. The van der Waals surface area contributed by atoms with Crippen molar-refractivity contribution in [1.82, 2.24) is 0 Å². The van der Waals surface area contributed by atoms with Crippen LogP contribution in [0, 0.1) is 45.3 Å². The first-order valence-electron chi connectivity index (χ1n) is 14.1. The van der Waals surface area contributed by atoms with E-state index in [0.29, 0.717) is 35.9 Å². The van der Waals surface area contributed by atoms with Crippen LogP contribution < -0.4 is 0 Å². The highest BCUT2D eigenvalue weighted by atomic mass is 16.7. The molecule has 0 aromatic heterocycles. The fourth-order valence-electron chi connectivity index (χ4n) is 10.9. The Hall–Kier alpha value is -0.450. The lowest BCUT2D eigenvalue weighted by Crippen LogP contribution is -2.63. The molecule has 0 bridgehead atoms. The predicted octanol–water partition coefficient (Wildman–Crippen LogP) is 6.27. The SMILES string of the molecule is CC1(C)C(=O)CC[C@]2(C)[C@H]3CC[C@@H]4[C@@H]([C@]5(C)CCC(O)(C(C)(C)O)O5)CC[C@@]4(C)[C@]3(C)CC[C@@H]12. The lowest BCUT2D eigenvalue weighted by molar-refractivity contribution is -0.306. The Kier molecular flexibility index (Phi) is 5.26. The molecule has 0 radical (unpaired) electrons. The average molecular weight is 475 g/mol. The minimum Gasteiger partial charge on any atom is -0.385 e. The van der Waals surface area contributed by atoms with E-state index < -0.39 is 11.4 Å². The maximum Gasteiger partial charge on any atom is 0.194 e. The molecule has 5 fully saturated rings. The molecule has 5 rings (SSSR count). The summed E-state index contributed by atoms with van der Waals surface area (Å²) in [6, 6.07) is 0. The van der Waals surface area contributed by atoms with Crippen molar-refractivity contribution < 1.29 is 19.7 Å². The van der Waals surface area contributed by atoms with E-state index in [1.54, 1.807) is 13.8 Å². The number of rotatable bonds is 2. The highest BCUT2D eigenvalue weighted by molar-refractivity contribution is 5.85. The lowest BCUT2D eigenvalue weighted by Gasteiger charge is -2.69. The van der Waals surface area contributed by atoms with Crippen LogP contribution in [0.5, 0.6) is 0 Å². The molecule has 1 unspecified atom stereocenters. The van der Waals surface area contributed by atoms with Gasteiger partial charge in [-0.2, -0.15) is 0 Å². The van der Waals surface area contributed by atoms with Crippen molar-refractivity contribution >= 4 is 5.78 Å². The van der Waals surface area contributed by atoms with Crippen LogP contribution >= 0.6 is 0 Å². The molecular formula is C30H50O4. The summed E-state index contributed by atoms with van der Waals surface area (Å²) in [4.78, 5) is 12.9. The fraction of sp³-hybridized carbons (Fsp3) is 0.967. The van der Waals surface area contributed by atoms with Crippen LogP contribution in [0.25, 0.3) is 0 Å². The number of ether oxygens (including phenoxy) is 1. The van der Waals surface area contributed by atoms with E-state index in [4.69, 9.17) is 4.74 Å². The van der Waals surface area contributed by atoms with Gasteiger partial charge in [0.05, 0.1) is 5.60 Å². The van der Waals surface area contributed by atoms with Crippen LogP contribution in [-0.2, 0) is 9.53 Å². The normalized spacial score (nSPS) is 54.9. The Morgan fingerprint density at radius 2 is 1.44 bits per heavy atom. The molecule has 4 heteroatoms. The zero-order valence-electron chi connectivity index (χ0n) is 23.1. The van der Waals surface area contributed by atoms with Crippen molar-refractivity contribution in [2.24, 2.45) is 45.3 Å².